The highest BCUT2D eigenvalue weighted by Gasteiger charge is 2.14. The SMILES string of the molecule is COc1cc(NC(=O)CN(C)c2ccc([N+](=O)[O-])c(C)c2)cc(OC)c1. The van der Waals surface area contributed by atoms with E-state index in [9.17, 15) is 14.9 Å². The van der Waals surface area contributed by atoms with E-state index in [1.807, 2.05) is 0 Å². The van der Waals surface area contributed by atoms with Crippen molar-refractivity contribution in [1.82, 2.24) is 0 Å². The van der Waals surface area contributed by atoms with Crippen molar-refractivity contribution in [3.05, 3.63) is 52.1 Å². The third-order valence-corrected chi connectivity index (χ3v) is 3.83. The zero-order valence-electron chi connectivity index (χ0n) is 15.1. The number of nitro benzene ring substituents is 1. The molecule has 0 fully saturated rings. The van der Waals surface area contributed by atoms with E-state index in [0.29, 0.717) is 28.4 Å². The molecule has 0 radical (unpaired) electrons. The highest BCUT2D eigenvalue weighted by Crippen LogP contribution is 2.26. The number of nitro groups is 1. The molecule has 0 spiro atoms. The first-order valence-electron chi connectivity index (χ1n) is 7.83. The van der Waals surface area contributed by atoms with Gasteiger partial charge in [-0.1, -0.05) is 0 Å². The van der Waals surface area contributed by atoms with Crippen LogP contribution in [-0.2, 0) is 4.79 Å². The van der Waals surface area contributed by atoms with Crippen LogP contribution in [0, 0.1) is 17.0 Å². The molecule has 1 N–H and O–H groups in total. The molecule has 2 rings (SSSR count). The van der Waals surface area contributed by atoms with Gasteiger partial charge in [-0.05, 0) is 19.1 Å². The second kappa shape index (κ2) is 8.19. The van der Waals surface area contributed by atoms with Crippen molar-refractivity contribution in [2.24, 2.45) is 0 Å². The lowest BCUT2D eigenvalue weighted by molar-refractivity contribution is -0.385. The summed E-state index contributed by atoms with van der Waals surface area (Å²) in [5.74, 6) is 0.900. The minimum Gasteiger partial charge on any atom is -0.497 e. The standard InChI is InChI=1S/C18H21N3O5/c1-12-7-14(5-6-17(12)21(23)24)20(2)11-18(22)19-13-8-15(25-3)10-16(9-13)26-4/h5-10H,11H2,1-4H3,(H,19,22). The van der Waals surface area contributed by atoms with Gasteiger partial charge in [0.25, 0.3) is 5.69 Å². The number of hydrogen-bond acceptors (Lipinski definition) is 6. The minimum absolute atomic E-state index is 0.0510. The number of nitrogens with one attached hydrogen (secondary N) is 1. The van der Waals surface area contributed by atoms with E-state index >= 15 is 0 Å². The van der Waals surface area contributed by atoms with E-state index in [0.717, 1.165) is 0 Å². The number of nitrogens with zero attached hydrogens (tertiary/aromatic N) is 2. The average molecular weight is 359 g/mol. The number of carbonyl (C=O) groups is 1. The zero-order chi connectivity index (χ0) is 19.3. The van der Waals surface area contributed by atoms with E-state index in [-0.39, 0.29) is 18.1 Å². The number of rotatable bonds is 7. The highest BCUT2D eigenvalue weighted by atomic mass is 16.6. The van der Waals surface area contributed by atoms with Gasteiger partial charge in [-0.3, -0.25) is 14.9 Å². The van der Waals surface area contributed by atoms with Crippen molar-refractivity contribution < 1.29 is 19.2 Å². The maximum Gasteiger partial charge on any atom is 0.272 e. The first kappa shape index (κ1) is 19.0. The van der Waals surface area contributed by atoms with Crippen LogP contribution < -0.4 is 19.7 Å². The lowest BCUT2D eigenvalue weighted by Crippen LogP contribution is -2.30. The van der Waals surface area contributed by atoms with Gasteiger partial charge in [0.15, 0.2) is 0 Å². The number of amides is 1. The number of aryl methyl sites for hydroxylation is 1. The van der Waals surface area contributed by atoms with E-state index in [1.54, 1.807) is 49.2 Å². The van der Waals surface area contributed by atoms with Gasteiger partial charge >= 0.3 is 0 Å². The van der Waals surface area contributed by atoms with Crippen molar-refractivity contribution in [1.29, 1.82) is 0 Å². The molecule has 8 nitrogen and oxygen atoms in total. The number of methoxy groups -OCH3 is 2. The van der Waals surface area contributed by atoms with Gasteiger partial charge in [-0.25, -0.2) is 0 Å². The van der Waals surface area contributed by atoms with Crippen LogP contribution in [0.2, 0.25) is 0 Å². The molecular weight excluding hydrogens is 338 g/mol. The molecule has 0 aromatic heterocycles. The second-order valence-corrected chi connectivity index (χ2v) is 5.73. The number of likely N-dealkylation sites (N-methyl/N-ethyl adjacent to an activating group) is 1. The first-order chi connectivity index (χ1) is 12.3. The van der Waals surface area contributed by atoms with Crippen molar-refractivity contribution in [2.75, 3.05) is 38.0 Å². The fourth-order valence-corrected chi connectivity index (χ4v) is 2.47. The van der Waals surface area contributed by atoms with Gasteiger partial charge in [-0.2, -0.15) is 0 Å². The summed E-state index contributed by atoms with van der Waals surface area (Å²) in [6.07, 6.45) is 0. The Morgan fingerprint density at radius 2 is 1.77 bits per heavy atom. The Kier molecular flexibility index (Phi) is 6.00. The average Bonchev–Trinajstić information content (AvgIpc) is 2.60. The molecule has 0 saturated carbocycles. The second-order valence-electron chi connectivity index (χ2n) is 5.73. The molecule has 0 saturated heterocycles. The molecule has 0 atom stereocenters. The number of benzene rings is 2. The van der Waals surface area contributed by atoms with E-state index in [1.165, 1.54) is 20.3 Å². The summed E-state index contributed by atoms with van der Waals surface area (Å²) in [4.78, 5) is 24.5. The Hall–Kier alpha value is -3.29. The largest absolute Gasteiger partial charge is 0.497 e. The van der Waals surface area contributed by atoms with Gasteiger partial charge in [0.1, 0.15) is 11.5 Å². The first-order valence-corrected chi connectivity index (χ1v) is 7.83. The Labute approximate surface area is 151 Å². The van der Waals surface area contributed by atoms with Gasteiger partial charge in [0.05, 0.1) is 25.7 Å². The third-order valence-electron chi connectivity index (χ3n) is 3.83. The molecule has 1 amide bonds. The summed E-state index contributed by atoms with van der Waals surface area (Å²) in [6.45, 7) is 1.74. The predicted octanol–water partition coefficient (Wildman–Crippen LogP) is 3.00. The summed E-state index contributed by atoms with van der Waals surface area (Å²) >= 11 is 0. The summed E-state index contributed by atoms with van der Waals surface area (Å²) < 4.78 is 10.4. The van der Waals surface area contributed by atoms with Crippen LogP contribution in [0.3, 0.4) is 0 Å². The van der Waals surface area contributed by atoms with Gasteiger partial charge in [0, 0.05) is 48.3 Å². The van der Waals surface area contributed by atoms with Crippen LogP contribution >= 0.6 is 0 Å². The molecular formula is C18H21N3O5. The predicted molar refractivity (Wildman–Crippen MR) is 99.3 cm³/mol. The quantitative estimate of drug-likeness (QED) is 0.603. The van der Waals surface area contributed by atoms with Crippen LogP contribution in [0.1, 0.15) is 5.56 Å². The summed E-state index contributed by atoms with van der Waals surface area (Å²) in [7, 11) is 4.81. The van der Waals surface area contributed by atoms with Crippen molar-refractivity contribution in [3.8, 4) is 11.5 Å². The molecule has 2 aromatic carbocycles. The monoisotopic (exact) mass is 359 g/mol. The molecule has 2 aromatic rings. The van der Waals surface area contributed by atoms with Crippen molar-refractivity contribution in [3.63, 3.8) is 0 Å². The summed E-state index contributed by atoms with van der Waals surface area (Å²) in [5, 5.41) is 13.7. The lowest BCUT2D eigenvalue weighted by Gasteiger charge is -2.19. The topological polar surface area (TPSA) is 93.9 Å². The maximum atomic E-state index is 12.3. The molecule has 8 heteroatoms. The van der Waals surface area contributed by atoms with Gasteiger partial charge in [0.2, 0.25) is 5.91 Å². The zero-order valence-corrected chi connectivity index (χ0v) is 15.1. The molecule has 0 aliphatic heterocycles. The fourth-order valence-electron chi connectivity index (χ4n) is 2.47. The molecule has 0 bridgehead atoms. The van der Waals surface area contributed by atoms with Crippen molar-refractivity contribution in [2.45, 2.75) is 6.92 Å². The van der Waals surface area contributed by atoms with Crippen molar-refractivity contribution >= 4 is 23.0 Å². The summed E-state index contributed by atoms with van der Waals surface area (Å²) in [6, 6.07) is 9.83. The lowest BCUT2D eigenvalue weighted by atomic mass is 10.1. The van der Waals surface area contributed by atoms with E-state index in [2.05, 4.69) is 5.32 Å². The minimum atomic E-state index is -0.429. The molecule has 0 aliphatic carbocycles. The van der Waals surface area contributed by atoms with Crippen LogP contribution in [0.5, 0.6) is 11.5 Å². The van der Waals surface area contributed by atoms with Gasteiger partial charge in [-0.15, -0.1) is 0 Å². The number of hydrogen-bond donors (Lipinski definition) is 1. The van der Waals surface area contributed by atoms with E-state index in [4.69, 9.17) is 9.47 Å². The molecule has 0 heterocycles. The Morgan fingerprint density at radius 1 is 1.15 bits per heavy atom. The highest BCUT2D eigenvalue weighted by molar-refractivity contribution is 5.94. The molecule has 26 heavy (non-hydrogen) atoms. The smallest absolute Gasteiger partial charge is 0.272 e. The summed E-state index contributed by atoms with van der Waals surface area (Å²) in [5.41, 5.74) is 1.86. The van der Waals surface area contributed by atoms with Crippen LogP contribution in [0.25, 0.3) is 0 Å². The molecule has 0 unspecified atom stereocenters. The Bertz CT molecular complexity index is 800. The van der Waals surface area contributed by atoms with E-state index < -0.39 is 4.92 Å². The normalized spacial score (nSPS) is 10.2. The number of carbonyl (C=O) groups excluding carboxylic acids is 1. The number of anilines is 2. The molecule has 0 aliphatic rings. The Morgan fingerprint density at radius 3 is 2.27 bits per heavy atom. The van der Waals surface area contributed by atoms with Crippen LogP contribution in [-0.4, -0.2) is 38.6 Å². The third kappa shape index (κ3) is 4.62. The molecule has 138 valence electrons. The van der Waals surface area contributed by atoms with Gasteiger partial charge < -0.3 is 19.7 Å². The number of ether oxygens (including phenoxy) is 2. The Balaban J connectivity index is 2.08. The van der Waals surface area contributed by atoms with Crippen LogP contribution in [0.4, 0.5) is 17.1 Å². The maximum absolute atomic E-state index is 12.3. The fraction of sp³-hybridized carbons (Fsp3) is 0.278. The van der Waals surface area contributed by atoms with Crippen LogP contribution in [0.15, 0.2) is 36.4 Å².